The number of aliphatic hydroxyl groups excluding tert-OH is 1. The Morgan fingerprint density at radius 1 is 0.560 bits per heavy atom. The maximum Gasteiger partial charge on any atom is 0.416 e. The number of piperidine rings is 2. The molecule has 0 radical (unpaired) electrons. The summed E-state index contributed by atoms with van der Waals surface area (Å²) in [4.78, 5) is 40.4. The maximum absolute atomic E-state index is 13.4. The molecule has 3 N–H and O–H groups in total. The number of hydrogen-bond donors (Lipinski definition) is 3. The van der Waals surface area contributed by atoms with Crippen molar-refractivity contribution in [2.45, 2.75) is 106 Å². The first-order valence-corrected chi connectivity index (χ1v) is 23.7. The van der Waals surface area contributed by atoms with Crippen LogP contribution >= 0.6 is 0 Å². The molecule has 75 heavy (non-hydrogen) atoms. The number of carbonyl (C=O) groups is 3. The van der Waals surface area contributed by atoms with E-state index < -0.39 is 87.3 Å². The van der Waals surface area contributed by atoms with Crippen LogP contribution in [0.3, 0.4) is 0 Å². The fourth-order valence-electron chi connectivity index (χ4n) is 10.4. The van der Waals surface area contributed by atoms with Crippen molar-refractivity contribution in [1.82, 2.24) is 20.4 Å². The Morgan fingerprint density at radius 2 is 0.907 bits per heavy atom. The second kappa shape index (κ2) is 21.3. The van der Waals surface area contributed by atoms with Gasteiger partial charge in [-0.2, -0.15) is 52.7 Å². The highest BCUT2D eigenvalue weighted by molar-refractivity contribution is 5.81. The summed E-state index contributed by atoms with van der Waals surface area (Å²) >= 11 is 0. The van der Waals surface area contributed by atoms with Gasteiger partial charge in [0.05, 0.1) is 89.5 Å². The van der Waals surface area contributed by atoms with Gasteiger partial charge in [-0.1, -0.05) is 60.7 Å². The Balaban J connectivity index is 0.000000219. The SMILES string of the molecule is CC(=O)OC[C@]12CC[C@@](CO[C@H](C)c3cc(C(F)(F)F)cc(C(F)(F)F)c3)(c3ccccc3)N(CC(=O)N1)C2.C[C@@H](OC[C@@]1(c2ccccc2)CC[C@]2(CO)CN1CC(=O)N2)c1cc(C(F)(F)F)cc(C(F)(F)F)c1. The highest BCUT2D eigenvalue weighted by Gasteiger charge is 2.55. The molecule has 4 aliphatic heterocycles. The van der Waals surface area contributed by atoms with Crippen LogP contribution in [0.15, 0.2) is 97.1 Å². The van der Waals surface area contributed by atoms with E-state index in [-0.39, 0.29) is 74.6 Å². The van der Waals surface area contributed by atoms with Gasteiger partial charge in [0.2, 0.25) is 11.8 Å². The average Bonchev–Trinajstić information content (AvgIpc) is 3.35. The third-order valence-electron chi connectivity index (χ3n) is 14.5. The van der Waals surface area contributed by atoms with Crippen molar-refractivity contribution in [3.05, 3.63) is 142 Å². The quantitative estimate of drug-likeness (QED) is 0.0886. The van der Waals surface area contributed by atoms with Gasteiger partial charge >= 0.3 is 30.7 Å². The summed E-state index contributed by atoms with van der Waals surface area (Å²) in [7, 11) is 0. The number of benzene rings is 4. The van der Waals surface area contributed by atoms with Gasteiger partial charge in [0.1, 0.15) is 6.61 Å². The number of esters is 1. The zero-order chi connectivity index (χ0) is 55.0. The van der Waals surface area contributed by atoms with Crippen LogP contribution in [0.25, 0.3) is 0 Å². The van der Waals surface area contributed by atoms with E-state index in [1.54, 1.807) is 30.3 Å². The minimum atomic E-state index is -4.98. The lowest BCUT2D eigenvalue weighted by molar-refractivity contribution is -0.157. The van der Waals surface area contributed by atoms with E-state index in [4.69, 9.17) is 14.2 Å². The number of hydrogen-bond acceptors (Lipinski definition) is 9. The Hall–Kier alpha value is -5.75. The molecule has 0 saturated carbocycles. The molecule has 4 saturated heterocycles. The van der Waals surface area contributed by atoms with Crippen molar-refractivity contribution in [2.75, 3.05) is 52.6 Å². The number of rotatable bonds is 13. The zero-order valence-corrected chi connectivity index (χ0v) is 40.7. The van der Waals surface area contributed by atoms with Gasteiger partial charge in [-0.15, -0.1) is 0 Å². The van der Waals surface area contributed by atoms with Crippen LogP contribution in [0, 0.1) is 0 Å². The van der Waals surface area contributed by atoms with Gasteiger partial charge in [-0.3, -0.25) is 24.2 Å². The van der Waals surface area contributed by atoms with Crippen LogP contribution in [-0.4, -0.2) is 96.4 Å². The van der Waals surface area contributed by atoms with Gasteiger partial charge in [0, 0.05) is 20.0 Å². The summed E-state index contributed by atoms with van der Waals surface area (Å²) in [5.41, 5.74) is -7.97. The fourth-order valence-corrected chi connectivity index (χ4v) is 10.4. The van der Waals surface area contributed by atoms with Crippen molar-refractivity contribution >= 4 is 17.8 Å². The van der Waals surface area contributed by atoms with E-state index >= 15 is 0 Å². The number of amides is 2. The minimum Gasteiger partial charge on any atom is -0.463 e. The van der Waals surface area contributed by atoms with Crippen LogP contribution < -0.4 is 10.6 Å². The predicted molar refractivity (Wildman–Crippen MR) is 245 cm³/mol. The topological polar surface area (TPSA) is 130 Å². The molecular formula is C52H54F12N4O7. The Bertz CT molecular complexity index is 2630. The molecule has 4 fully saturated rings. The Kier molecular flexibility index (Phi) is 16.2. The molecule has 23 heteroatoms. The number of ether oxygens (including phenoxy) is 3. The number of carbonyl (C=O) groups excluding carboxylic acids is 3. The average molecular weight is 1080 g/mol. The van der Waals surface area contributed by atoms with Crippen LogP contribution in [0.5, 0.6) is 0 Å². The van der Waals surface area contributed by atoms with E-state index in [0.29, 0.717) is 63.0 Å². The highest BCUT2D eigenvalue weighted by atomic mass is 19.4. The number of alkyl halides is 12. The first kappa shape index (κ1) is 57.0. The second-order valence-electron chi connectivity index (χ2n) is 19.7. The standard InChI is InChI=1S/C27H28F6N2O4.C25H26F6N2O3/c1-17(19-10-21(26(28,29)30)12-22(11-19)27(31,32)33)38-16-25(20-6-4-3-5-7-20)9-8-24(15-39-18(2)36)14-35(25)13-23(37)34-24;1-16(17-9-19(24(26,27)28)11-20(10-17)25(29,30)31)36-15-23(18-5-3-2-4-6-18)8-7-22(14-34)13-33(23)12-21(35)32-22/h3-7,10-12,17H,8-9,13-16H2,1-2H3,(H,34,37);2-6,9-11,16,34H,7-8,12-15H2,1H3,(H,32,35)/t17-,24-,25-;16-,22-,23-/m11/s1. The summed E-state index contributed by atoms with van der Waals surface area (Å²) < 4.78 is 178. The van der Waals surface area contributed by atoms with Crippen LogP contribution in [0.2, 0.25) is 0 Å². The number of nitrogens with one attached hydrogen (secondary N) is 2. The summed E-state index contributed by atoms with van der Waals surface area (Å²) in [6.45, 7) is 4.21. The summed E-state index contributed by atoms with van der Waals surface area (Å²) in [5, 5.41) is 15.7. The summed E-state index contributed by atoms with van der Waals surface area (Å²) in [6, 6.07) is 21.0. The van der Waals surface area contributed by atoms with Gasteiger partial charge < -0.3 is 30.0 Å². The van der Waals surface area contributed by atoms with Gasteiger partial charge in [0.15, 0.2) is 0 Å². The number of halogens is 12. The fraction of sp³-hybridized carbons (Fsp3) is 0.481. The molecule has 4 heterocycles. The summed E-state index contributed by atoms with van der Waals surface area (Å²) in [5.74, 6) is -1.07. The van der Waals surface area contributed by atoms with Crippen LogP contribution in [0.4, 0.5) is 52.7 Å². The number of piperazine rings is 2. The molecule has 408 valence electrons. The molecular weight excluding hydrogens is 1020 g/mol. The van der Waals surface area contributed by atoms with E-state index in [2.05, 4.69) is 10.6 Å². The molecule has 4 bridgehead atoms. The highest BCUT2D eigenvalue weighted by Crippen LogP contribution is 2.47. The third-order valence-corrected chi connectivity index (χ3v) is 14.5. The first-order chi connectivity index (χ1) is 34.9. The molecule has 4 aromatic rings. The number of fused-ring (bicyclic) bond motifs is 4. The summed E-state index contributed by atoms with van der Waals surface area (Å²) in [6.07, 6.45) is -20.4. The first-order valence-electron chi connectivity index (χ1n) is 23.7. The van der Waals surface area contributed by atoms with Gasteiger partial charge in [0.25, 0.3) is 0 Å². The van der Waals surface area contributed by atoms with E-state index in [1.165, 1.54) is 20.8 Å². The lowest BCUT2D eigenvalue weighted by atomic mass is 9.73. The molecule has 0 aromatic heterocycles. The lowest BCUT2D eigenvalue weighted by Gasteiger charge is -2.56. The molecule has 11 nitrogen and oxygen atoms in total. The Labute approximate surface area is 423 Å². The zero-order valence-electron chi connectivity index (χ0n) is 40.7. The lowest BCUT2D eigenvalue weighted by Crippen LogP contribution is -2.73. The van der Waals surface area contributed by atoms with E-state index in [1.807, 2.05) is 40.1 Å². The molecule has 4 aliphatic rings. The van der Waals surface area contributed by atoms with Gasteiger partial charge in [-0.05, 0) is 98.2 Å². The largest absolute Gasteiger partial charge is 0.463 e. The van der Waals surface area contributed by atoms with E-state index in [9.17, 15) is 72.2 Å². The van der Waals surface area contributed by atoms with E-state index in [0.717, 1.165) is 11.1 Å². The number of nitrogens with zero attached hydrogens (tertiary/aromatic N) is 2. The van der Waals surface area contributed by atoms with Crippen molar-refractivity contribution in [1.29, 1.82) is 0 Å². The Morgan fingerprint density at radius 3 is 1.25 bits per heavy atom. The molecule has 2 amide bonds. The molecule has 0 aliphatic carbocycles. The maximum atomic E-state index is 13.4. The normalized spacial score (nSPS) is 26.7. The second-order valence-corrected chi connectivity index (χ2v) is 19.7. The van der Waals surface area contributed by atoms with Gasteiger partial charge in [-0.25, -0.2) is 0 Å². The third kappa shape index (κ3) is 12.8. The van der Waals surface area contributed by atoms with Crippen LogP contribution in [0.1, 0.15) is 103 Å². The van der Waals surface area contributed by atoms with Crippen molar-refractivity contribution < 1.29 is 86.4 Å². The molecule has 8 rings (SSSR count). The smallest absolute Gasteiger partial charge is 0.416 e. The van der Waals surface area contributed by atoms with Crippen molar-refractivity contribution in [3.8, 4) is 0 Å². The number of aliphatic hydroxyl groups is 1. The van der Waals surface area contributed by atoms with Crippen LogP contribution in [-0.2, 0) is 64.4 Å². The predicted octanol–water partition coefficient (Wildman–Crippen LogP) is 9.88. The van der Waals surface area contributed by atoms with Crippen molar-refractivity contribution in [3.63, 3.8) is 0 Å². The molecule has 8 atom stereocenters. The molecule has 4 aromatic carbocycles. The minimum absolute atomic E-state index is 0.0101. The monoisotopic (exact) mass is 1070 g/mol. The molecule has 0 spiro atoms. The van der Waals surface area contributed by atoms with Crippen molar-refractivity contribution in [2.24, 2.45) is 0 Å². The molecule has 2 unspecified atom stereocenters.